The lowest BCUT2D eigenvalue weighted by Gasteiger charge is -2.33. The normalized spacial score (nSPS) is 15.2. The van der Waals surface area contributed by atoms with Crippen molar-refractivity contribution >= 4 is 29.5 Å². The third-order valence-electron chi connectivity index (χ3n) is 8.11. The number of hydrogen-bond donors (Lipinski definition) is 2. The minimum absolute atomic E-state index is 0.247. The first-order valence-electron chi connectivity index (χ1n) is 17.1. The Morgan fingerprint density at radius 3 is 2.55 bits per heavy atom. The van der Waals surface area contributed by atoms with Gasteiger partial charge >= 0.3 is 11.9 Å². The number of nitrogens with zero attached hydrogens (tertiary/aromatic N) is 7. The fraction of sp³-hybridized carbons (Fsp3) is 0.588. The monoisotopic (exact) mass is 681 g/mol. The number of ether oxygens (including phenoxy) is 4. The Morgan fingerprint density at radius 1 is 1.00 bits per heavy atom. The number of carbonyl (C=O) groups excluding carboxylic acids is 2. The van der Waals surface area contributed by atoms with Crippen molar-refractivity contribution in [3.63, 3.8) is 0 Å². The van der Waals surface area contributed by atoms with Crippen LogP contribution in [-0.4, -0.2) is 115 Å². The number of nitrogens with one attached hydrogen (secondary N) is 2. The van der Waals surface area contributed by atoms with E-state index in [1.165, 1.54) is 14.2 Å². The summed E-state index contributed by atoms with van der Waals surface area (Å²) in [6.45, 7) is 11.5. The number of carbonyl (C=O) groups is 2. The summed E-state index contributed by atoms with van der Waals surface area (Å²) in [6, 6.07) is 9.93. The van der Waals surface area contributed by atoms with E-state index >= 15 is 0 Å². The summed E-state index contributed by atoms with van der Waals surface area (Å²) < 4.78 is 22.3. The number of aromatic nitrogens is 5. The lowest BCUT2D eigenvalue weighted by molar-refractivity contribution is -0.141. The Bertz CT molecular complexity index is 1440. The second kappa shape index (κ2) is 20.2. The number of likely N-dealkylation sites (tertiary alicyclic amines) is 1. The molecular weight excluding hydrogens is 630 g/mol. The maximum Gasteiger partial charge on any atom is 0.337 e. The predicted molar refractivity (Wildman–Crippen MR) is 186 cm³/mol. The van der Waals surface area contributed by atoms with Crippen LogP contribution in [0.15, 0.2) is 36.5 Å². The first-order valence-corrected chi connectivity index (χ1v) is 17.1. The topological polar surface area (TPSA) is 158 Å². The summed E-state index contributed by atoms with van der Waals surface area (Å²) in [5.41, 5.74) is 2.45. The van der Waals surface area contributed by atoms with Crippen molar-refractivity contribution in [3.8, 4) is 0 Å². The summed E-state index contributed by atoms with van der Waals surface area (Å²) in [6.07, 6.45) is 4.83. The molecule has 2 fully saturated rings. The largest absolute Gasteiger partial charge is 0.469 e. The molecule has 15 nitrogen and oxygen atoms in total. The van der Waals surface area contributed by atoms with E-state index in [4.69, 9.17) is 24.2 Å². The van der Waals surface area contributed by atoms with Crippen LogP contribution in [-0.2, 0) is 43.4 Å². The second-order valence-electron chi connectivity index (χ2n) is 11.5. The highest BCUT2D eigenvalue weighted by Crippen LogP contribution is 2.23. The van der Waals surface area contributed by atoms with Gasteiger partial charge in [-0.3, -0.25) is 14.4 Å². The molecule has 3 aromatic rings. The molecule has 2 N–H and O–H groups in total. The standard InChI is InChI=1S/C32H45N9O6.C2H6/c1-44-30(42)9-16-46-15-4-10-41-23-27(37-38-41)21-33-32-35-28(20-29(36-32)40-13-17-47-18-14-40)34-26-7-11-39(12-8-26)22-24-5-3-6-25(19-24)31(43)45-2;1-2/h3,5-6,19-20,23,26H,4,7-18,21-22H2,1-2H3,(H2,33,34,35,36);1-2H3. The minimum atomic E-state index is -0.316. The second-order valence-corrected chi connectivity index (χ2v) is 11.5. The van der Waals surface area contributed by atoms with Gasteiger partial charge in [0.05, 0.1) is 58.8 Å². The quantitative estimate of drug-likeness (QED) is 0.167. The Labute approximate surface area is 288 Å². The predicted octanol–water partition coefficient (Wildman–Crippen LogP) is 3.38. The van der Waals surface area contributed by atoms with Crippen molar-refractivity contribution in [3.05, 3.63) is 53.3 Å². The number of piperidine rings is 1. The molecular formula is C34H51N9O6. The van der Waals surface area contributed by atoms with Gasteiger partial charge in [-0.1, -0.05) is 31.2 Å². The van der Waals surface area contributed by atoms with E-state index in [1.807, 2.05) is 44.3 Å². The van der Waals surface area contributed by atoms with Crippen molar-refractivity contribution in [2.45, 2.75) is 65.2 Å². The molecule has 5 rings (SSSR count). The Kier molecular flexibility index (Phi) is 15.5. The van der Waals surface area contributed by atoms with Crippen molar-refractivity contribution in [1.29, 1.82) is 0 Å². The molecule has 49 heavy (non-hydrogen) atoms. The molecule has 0 spiro atoms. The van der Waals surface area contributed by atoms with Crippen molar-refractivity contribution in [2.75, 3.05) is 82.4 Å². The molecule has 0 saturated carbocycles. The maximum atomic E-state index is 11.9. The van der Waals surface area contributed by atoms with Gasteiger partial charge in [0, 0.05) is 58.0 Å². The van der Waals surface area contributed by atoms with Gasteiger partial charge in [0.15, 0.2) is 0 Å². The average Bonchev–Trinajstić information content (AvgIpc) is 3.61. The number of anilines is 3. The van der Waals surface area contributed by atoms with Crippen LogP contribution in [0, 0.1) is 0 Å². The lowest BCUT2D eigenvalue weighted by atomic mass is 10.0. The van der Waals surface area contributed by atoms with Gasteiger partial charge in [-0.05, 0) is 37.0 Å². The zero-order valence-electron chi connectivity index (χ0n) is 29.2. The summed E-state index contributed by atoms with van der Waals surface area (Å²) in [5, 5.41) is 15.5. The van der Waals surface area contributed by atoms with Gasteiger partial charge in [0.25, 0.3) is 0 Å². The lowest BCUT2D eigenvalue weighted by Crippen LogP contribution is -2.39. The Morgan fingerprint density at radius 2 is 1.80 bits per heavy atom. The number of aryl methyl sites for hydroxylation is 1. The Hall–Kier alpha value is -4.34. The number of rotatable bonds is 16. The molecule has 2 aromatic heterocycles. The van der Waals surface area contributed by atoms with Gasteiger partial charge in [0.2, 0.25) is 5.95 Å². The third kappa shape index (κ3) is 12.2. The highest BCUT2D eigenvalue weighted by molar-refractivity contribution is 5.89. The molecule has 2 aliphatic heterocycles. The Balaban J connectivity index is 0.00000265. The summed E-state index contributed by atoms with van der Waals surface area (Å²) in [5.74, 6) is 1.56. The summed E-state index contributed by atoms with van der Waals surface area (Å²) in [4.78, 5) is 37.4. The molecule has 2 aliphatic rings. The van der Waals surface area contributed by atoms with Gasteiger partial charge in [-0.15, -0.1) is 5.10 Å². The molecule has 2 saturated heterocycles. The minimum Gasteiger partial charge on any atom is -0.469 e. The molecule has 4 heterocycles. The van der Waals surface area contributed by atoms with E-state index in [-0.39, 0.29) is 24.4 Å². The van der Waals surface area contributed by atoms with Crippen LogP contribution in [0.4, 0.5) is 17.6 Å². The molecule has 268 valence electrons. The van der Waals surface area contributed by atoms with Crippen LogP contribution in [0.3, 0.4) is 0 Å². The molecule has 0 amide bonds. The summed E-state index contributed by atoms with van der Waals surface area (Å²) in [7, 11) is 2.77. The number of esters is 2. The van der Waals surface area contributed by atoms with Crippen molar-refractivity contribution in [1.82, 2.24) is 29.9 Å². The molecule has 0 bridgehead atoms. The smallest absolute Gasteiger partial charge is 0.337 e. The van der Waals surface area contributed by atoms with E-state index in [9.17, 15) is 9.59 Å². The zero-order valence-corrected chi connectivity index (χ0v) is 29.2. The van der Waals surface area contributed by atoms with Gasteiger partial charge < -0.3 is 34.5 Å². The summed E-state index contributed by atoms with van der Waals surface area (Å²) >= 11 is 0. The number of morpholine rings is 1. The van der Waals surface area contributed by atoms with Crippen LogP contribution in [0.5, 0.6) is 0 Å². The molecule has 0 atom stereocenters. The zero-order chi connectivity index (χ0) is 34.8. The molecule has 15 heteroatoms. The van der Waals surface area contributed by atoms with Crippen LogP contribution >= 0.6 is 0 Å². The number of benzene rings is 1. The van der Waals surface area contributed by atoms with Crippen molar-refractivity contribution < 1.29 is 28.5 Å². The fourth-order valence-corrected chi connectivity index (χ4v) is 5.55. The van der Waals surface area contributed by atoms with Gasteiger partial charge in [-0.25, -0.2) is 4.79 Å². The van der Waals surface area contributed by atoms with Crippen LogP contribution in [0.2, 0.25) is 0 Å². The first kappa shape index (κ1) is 37.5. The van der Waals surface area contributed by atoms with E-state index in [0.29, 0.717) is 51.0 Å². The third-order valence-corrected chi connectivity index (χ3v) is 8.11. The molecule has 0 radical (unpaired) electrons. The highest BCUT2D eigenvalue weighted by Gasteiger charge is 2.22. The average molecular weight is 682 g/mol. The van der Waals surface area contributed by atoms with Gasteiger partial charge in [0.1, 0.15) is 17.3 Å². The van der Waals surface area contributed by atoms with E-state index in [0.717, 1.165) is 74.9 Å². The molecule has 1 aromatic carbocycles. The van der Waals surface area contributed by atoms with E-state index in [2.05, 4.69) is 35.5 Å². The fourth-order valence-electron chi connectivity index (χ4n) is 5.55. The van der Waals surface area contributed by atoms with Crippen molar-refractivity contribution in [2.24, 2.45) is 0 Å². The van der Waals surface area contributed by atoms with Gasteiger partial charge in [-0.2, -0.15) is 9.97 Å². The highest BCUT2D eigenvalue weighted by atomic mass is 16.5. The van der Waals surface area contributed by atoms with Crippen LogP contribution in [0.25, 0.3) is 0 Å². The number of methoxy groups -OCH3 is 2. The first-order chi connectivity index (χ1) is 24.0. The van der Waals surface area contributed by atoms with E-state index < -0.39 is 0 Å². The van der Waals surface area contributed by atoms with E-state index in [1.54, 1.807) is 10.7 Å². The number of hydrogen-bond acceptors (Lipinski definition) is 14. The maximum absolute atomic E-state index is 11.9. The van der Waals surface area contributed by atoms with Crippen LogP contribution < -0.4 is 15.5 Å². The SMILES string of the molecule is CC.COC(=O)CCOCCCn1cc(CNc2nc(NC3CCN(Cc4cccc(C(=O)OC)c4)CC3)cc(N3CCOCC3)n2)nn1. The van der Waals surface area contributed by atoms with Crippen LogP contribution in [0.1, 0.15) is 61.1 Å². The molecule has 0 unspecified atom stereocenters. The molecule has 0 aliphatic carbocycles.